The number of anilines is 12. The lowest BCUT2D eigenvalue weighted by molar-refractivity contribution is 0.0687. The maximum Gasteiger partial charge on any atom is 0.280 e. The molecular weight excluding hydrogens is 1820 g/mol. The zero-order valence-electron chi connectivity index (χ0n) is 73.3. The van der Waals surface area contributed by atoms with Gasteiger partial charge >= 0.3 is 0 Å². The van der Waals surface area contributed by atoms with Gasteiger partial charge in [0, 0.05) is 152 Å². The van der Waals surface area contributed by atoms with Gasteiger partial charge in [-0.25, -0.2) is 28.7 Å². The Hall–Kier alpha value is -15.3. The lowest BCUT2D eigenvalue weighted by Crippen LogP contribution is -2.29. The van der Waals surface area contributed by atoms with Crippen molar-refractivity contribution in [1.82, 2.24) is 128 Å². The van der Waals surface area contributed by atoms with Crippen LogP contribution >= 0.6 is 34.8 Å². The van der Waals surface area contributed by atoms with Crippen LogP contribution < -0.4 is 86.0 Å². The van der Waals surface area contributed by atoms with Gasteiger partial charge in [0.2, 0.25) is 0 Å². The highest BCUT2D eigenvalue weighted by Gasteiger charge is 2.41. The molecule has 1 saturated heterocycles. The molecule has 15 aromatic rings. The normalized spacial score (nSPS) is 17.6. The number of fused-ring (bicyclic) bond motifs is 4. The lowest BCUT2D eigenvalue weighted by atomic mass is 10.1. The van der Waals surface area contributed by atoms with Crippen LogP contribution in [0.5, 0.6) is 0 Å². The van der Waals surface area contributed by atoms with E-state index in [1.165, 1.54) is 72.0 Å². The first-order valence-electron chi connectivity index (χ1n) is 44.3. The van der Waals surface area contributed by atoms with E-state index in [0.717, 1.165) is 82.7 Å². The van der Waals surface area contributed by atoms with Crippen LogP contribution in [0.25, 0.3) is 40.0 Å². The summed E-state index contributed by atoms with van der Waals surface area (Å²) in [6.07, 6.45) is 26.4. The molecule has 43 nitrogen and oxygen atoms in total. The van der Waals surface area contributed by atoms with Gasteiger partial charge < -0.3 is 73.1 Å². The van der Waals surface area contributed by atoms with Crippen molar-refractivity contribution in [2.75, 3.05) is 83.9 Å². The van der Waals surface area contributed by atoms with E-state index in [2.05, 4.69) is 125 Å². The minimum absolute atomic E-state index is 0.0909. The number of ether oxygens (including phenoxy) is 1. The molecule has 4 atom stereocenters. The first-order chi connectivity index (χ1) is 65.9. The monoisotopic (exact) mass is 1910 g/mol. The summed E-state index contributed by atoms with van der Waals surface area (Å²) in [4.78, 5) is 122. The molecule has 0 radical (unpaired) electrons. The summed E-state index contributed by atoms with van der Waals surface area (Å²) in [6.45, 7) is 1.27. The van der Waals surface area contributed by atoms with Crippen molar-refractivity contribution in [3.8, 4) is 17.5 Å². The Morgan fingerprint density at radius 1 is 0.397 bits per heavy atom. The zero-order valence-corrected chi connectivity index (χ0v) is 75.5. The van der Waals surface area contributed by atoms with Crippen LogP contribution in [0, 0.1) is 0 Å². The third kappa shape index (κ3) is 19.1. The molecule has 136 heavy (non-hydrogen) atoms. The van der Waals surface area contributed by atoms with Crippen LogP contribution in [0.1, 0.15) is 161 Å². The summed E-state index contributed by atoms with van der Waals surface area (Å²) >= 11 is 19.0. The number of aromatic nitrogens is 22. The fourth-order valence-electron chi connectivity index (χ4n) is 15.5. The fraction of sp³-hybridized carbons (Fsp3) is 0.341. The summed E-state index contributed by atoms with van der Waals surface area (Å²) in [5, 5.41) is 71.1. The first kappa shape index (κ1) is 88.7. The van der Waals surface area contributed by atoms with Crippen LogP contribution in [0.4, 0.5) is 78.1 Å². The van der Waals surface area contributed by atoms with E-state index in [1.54, 1.807) is 109 Å². The molecule has 8 aliphatic rings. The van der Waals surface area contributed by atoms with Crippen LogP contribution in [-0.4, -0.2) is 208 Å². The number of rotatable bonds is 27. The largest absolute Gasteiger partial charge is 0.381 e. The van der Waals surface area contributed by atoms with E-state index in [1.807, 2.05) is 33.9 Å². The van der Waals surface area contributed by atoms with Crippen molar-refractivity contribution in [1.29, 1.82) is 0 Å². The van der Waals surface area contributed by atoms with E-state index in [4.69, 9.17) is 39.5 Å². The average molecular weight is 1910 g/mol. The molecule has 12 N–H and O–H groups in total. The van der Waals surface area contributed by atoms with E-state index in [0.29, 0.717) is 157 Å². The van der Waals surface area contributed by atoms with E-state index < -0.39 is 36.2 Å². The molecule has 700 valence electrons. The summed E-state index contributed by atoms with van der Waals surface area (Å²) in [6, 6.07) is 22.4. The Morgan fingerprint density at radius 2 is 0.757 bits per heavy atom. The van der Waals surface area contributed by atoms with Gasteiger partial charge in [-0.05, 0) is 120 Å². The molecule has 0 aromatic carbocycles. The van der Waals surface area contributed by atoms with Crippen LogP contribution in [0.3, 0.4) is 0 Å². The number of nitrogens with zero attached hydrogens (tertiary/aromatic N) is 22. The van der Waals surface area contributed by atoms with Gasteiger partial charge in [0.25, 0.3) is 45.9 Å². The number of carbonyl (C=O) groups is 4. The van der Waals surface area contributed by atoms with Gasteiger partial charge in [0.1, 0.15) is 104 Å². The molecule has 0 spiro atoms. The van der Waals surface area contributed by atoms with Crippen LogP contribution in [-0.2, 0) is 4.74 Å². The first-order valence-corrected chi connectivity index (χ1v) is 45.5. The number of alkyl halides is 2. The van der Waals surface area contributed by atoms with E-state index in [-0.39, 0.29) is 86.0 Å². The second kappa shape index (κ2) is 37.0. The SMILES string of the molecule is CNc1cc(Nc2cc(Cl)cn(-c3ccc(C4CC4)nn3)c2=O)nc2c(C(=O)NC3CC3)cnn12.CNc1cc(Nc2cc(Cl)cn(-c3ccn(C4CC4)n3)c2=O)nc2c(C(=O)NC3CC3)cnn12.CNc1cc(Nc2cc(Cl)cn(-c3ccn(C4CC4)n3)c2=O)nc2c(C(=O)N[C@H]3C[C@H]3F)cnn12.CNc1cc(Nc2cccn(C3CCOCC3)c2=O)nc2c(C(=O)N[C@H]3C[C@H]3F)cnn12. The van der Waals surface area contributed by atoms with Gasteiger partial charge in [-0.3, -0.25) is 61.4 Å². The summed E-state index contributed by atoms with van der Waals surface area (Å²) < 4.78 is 47.5. The molecule has 15 aromatic heterocycles. The minimum Gasteiger partial charge on any atom is -0.381 e. The highest BCUT2D eigenvalue weighted by atomic mass is 35.5. The quantitative estimate of drug-likeness (QED) is 0.0228. The average Bonchev–Trinajstić information content (AvgIpc) is 1.61. The predicted molar refractivity (Wildman–Crippen MR) is 502 cm³/mol. The topological polar surface area (TPSA) is 492 Å². The minimum atomic E-state index is -1.03. The number of hydrogen-bond donors (Lipinski definition) is 12. The van der Waals surface area contributed by atoms with Crippen molar-refractivity contribution < 1.29 is 32.7 Å². The molecule has 0 unspecified atom stereocenters. The highest BCUT2D eigenvalue weighted by Crippen LogP contribution is 2.40. The summed E-state index contributed by atoms with van der Waals surface area (Å²) in [5.41, 5.74) is 3.15. The second-order valence-electron chi connectivity index (χ2n) is 34.0. The van der Waals surface area contributed by atoms with Gasteiger partial charge in [-0.2, -0.15) is 53.8 Å². The fourth-order valence-corrected chi connectivity index (χ4v) is 16.1. The smallest absolute Gasteiger partial charge is 0.280 e. The molecule has 23 rings (SSSR count). The van der Waals surface area contributed by atoms with Gasteiger partial charge in [0.05, 0.1) is 69.7 Å². The molecule has 7 aliphatic carbocycles. The van der Waals surface area contributed by atoms with Crippen LogP contribution in [0.2, 0.25) is 15.1 Å². The molecule has 4 amide bonds. The number of amides is 4. The Labute approximate surface area is 783 Å². The number of halogens is 5. The number of carbonyl (C=O) groups excluding carboxylic acids is 4. The number of nitrogens with one attached hydrogen (secondary N) is 12. The molecular formula is C88H89Cl3F2N34O9. The van der Waals surface area contributed by atoms with Crippen molar-refractivity contribution in [3.63, 3.8) is 0 Å². The summed E-state index contributed by atoms with van der Waals surface area (Å²) in [5.74, 6) is 4.14. The van der Waals surface area contributed by atoms with Gasteiger partial charge in [0.15, 0.2) is 40.0 Å². The zero-order chi connectivity index (χ0) is 94.0. The van der Waals surface area contributed by atoms with E-state index in [9.17, 15) is 47.1 Å². The van der Waals surface area contributed by atoms with Crippen molar-refractivity contribution in [2.45, 2.75) is 150 Å². The predicted octanol–water partition coefficient (Wildman–Crippen LogP) is 10.2. The molecule has 16 heterocycles. The Kier molecular flexibility index (Phi) is 24.1. The summed E-state index contributed by atoms with van der Waals surface area (Å²) in [7, 11) is 6.90. The Morgan fingerprint density at radius 3 is 1.09 bits per heavy atom. The van der Waals surface area contributed by atoms with Crippen molar-refractivity contribution >= 4 is 150 Å². The molecule has 7 saturated carbocycles. The number of pyridine rings is 4. The van der Waals surface area contributed by atoms with Crippen molar-refractivity contribution in [2.24, 2.45) is 0 Å². The Balaban J connectivity index is 0.000000112. The molecule has 48 heteroatoms. The lowest BCUT2D eigenvalue weighted by Gasteiger charge is -2.24. The van der Waals surface area contributed by atoms with Gasteiger partial charge in [-0.1, -0.05) is 34.8 Å². The highest BCUT2D eigenvalue weighted by molar-refractivity contribution is 6.31. The molecule has 1 aliphatic heterocycles. The van der Waals surface area contributed by atoms with Crippen molar-refractivity contribution in [3.05, 3.63) is 225 Å². The molecule has 0 bridgehead atoms. The third-order valence-corrected chi connectivity index (χ3v) is 24.4. The Bertz CT molecular complexity index is 7460. The van der Waals surface area contributed by atoms with Crippen LogP contribution in [0.15, 0.2) is 160 Å². The maximum atomic E-state index is 13.3. The molecule has 8 fully saturated rings. The standard InChI is InChI=1S/C23H22ClN9O2.C22H21ClFN9O2.C22H22ClN9O2.C21H24FN7O3/c1-25-20-9-18(29-21-15(10-26-33(20)21)22(34)27-14-4-5-14)28-17-8-13(24)11-32(23(17)35)19-7-6-16(30-31-19)12-2-3-12;1-25-19-8-17(29-20-13(9-26-33(19)20)21(34)28-15-7-14(15)24)27-16-6-11(23)10-31(22(16)35)18-4-5-32(30-18)12-2-3-12;1-24-19-9-17(28-20-15(10-25-32(19)20)21(33)26-13-2-3-13)27-16-8-12(23)11-30(22(16)34)18-6-7-31(29-18)14-4-5-14;1-23-18-10-17(25-15-3-2-6-28(21(15)31)12-4-7-32-8-5-12)27-19-13(11-24-29(18)19)20(30)26-16-9-14(16)22/h6-12,14,25H,2-5H2,1H3,(H,27,34)(H,28,29);4-6,8-10,12,14-15,25H,2-3,7H2,1H3,(H,27,29)(H,28,34);6-11,13-14,24H,2-5H2,1H3,(H,26,33)(H,27,28);2-3,6,10-12,14,16,23H,4-5,7-9H2,1H3,(H,25,27)(H,26,30)/t;14-,15+;;14-,16+/m.1.1/s1. The van der Waals surface area contributed by atoms with Gasteiger partial charge in [-0.15, -0.1) is 5.10 Å². The third-order valence-electron chi connectivity index (χ3n) is 23.8. The maximum absolute atomic E-state index is 13.3. The second-order valence-corrected chi connectivity index (χ2v) is 35.3. The van der Waals surface area contributed by atoms with E-state index >= 15 is 0 Å². The number of hydrogen-bond acceptors (Lipinski definition) is 29.